The summed E-state index contributed by atoms with van der Waals surface area (Å²) in [6.45, 7) is 6.00. The molecule has 1 saturated heterocycles. The molecular weight excluding hydrogens is 441 g/mol. The molecule has 0 aromatic heterocycles. The number of hydrogen-bond acceptors (Lipinski definition) is 4. The van der Waals surface area contributed by atoms with Crippen LogP contribution < -0.4 is 10.1 Å². The Balaban J connectivity index is 1.69. The molecule has 0 atom stereocenters. The minimum Gasteiger partial charge on any atom is -0.495 e. The lowest BCUT2D eigenvalue weighted by Gasteiger charge is -2.30. The van der Waals surface area contributed by atoms with E-state index >= 15 is 0 Å². The van der Waals surface area contributed by atoms with Gasteiger partial charge in [0.05, 0.1) is 26.0 Å². The molecule has 0 saturated carbocycles. The number of rotatable bonds is 8. The Morgan fingerprint density at radius 2 is 1.97 bits per heavy atom. The molecule has 1 aliphatic heterocycles. The Morgan fingerprint density at radius 3 is 2.70 bits per heavy atom. The van der Waals surface area contributed by atoms with E-state index in [2.05, 4.69) is 15.1 Å². The molecule has 2 aromatic carbocycles. The zero-order valence-electron chi connectivity index (χ0n) is 17.1. The van der Waals surface area contributed by atoms with Crippen LogP contribution in [0, 0.1) is 0 Å². The molecule has 0 aliphatic carbocycles. The number of benzene rings is 2. The highest BCUT2D eigenvalue weighted by molar-refractivity contribution is 7.80. The number of anilines is 1. The summed E-state index contributed by atoms with van der Waals surface area (Å²) in [5.74, 6) is 0.688. The molecular formula is C22H27Cl2N3O2S. The second kappa shape index (κ2) is 11.7. The van der Waals surface area contributed by atoms with Gasteiger partial charge in [0.25, 0.3) is 0 Å². The van der Waals surface area contributed by atoms with E-state index < -0.39 is 0 Å². The van der Waals surface area contributed by atoms with Crippen LogP contribution in [0.5, 0.6) is 5.75 Å². The maximum atomic E-state index is 6.41. The normalized spacial score (nSPS) is 14.4. The fourth-order valence-corrected chi connectivity index (χ4v) is 4.00. The monoisotopic (exact) mass is 467 g/mol. The van der Waals surface area contributed by atoms with E-state index in [4.69, 9.17) is 44.9 Å². The van der Waals surface area contributed by atoms with E-state index in [0.29, 0.717) is 22.4 Å². The molecule has 1 heterocycles. The maximum absolute atomic E-state index is 6.41. The van der Waals surface area contributed by atoms with Crippen molar-refractivity contribution in [1.29, 1.82) is 0 Å². The summed E-state index contributed by atoms with van der Waals surface area (Å²) in [4.78, 5) is 4.56. The third-order valence-electron chi connectivity index (χ3n) is 5.02. The maximum Gasteiger partial charge on any atom is 0.173 e. The molecule has 0 unspecified atom stereocenters. The van der Waals surface area contributed by atoms with Crippen LogP contribution in [0.2, 0.25) is 10.0 Å². The Bertz CT molecular complexity index is 847. The average Bonchev–Trinajstić information content (AvgIpc) is 2.75. The molecule has 1 fully saturated rings. The quantitative estimate of drug-likeness (QED) is 0.555. The lowest BCUT2D eigenvalue weighted by atomic mass is 10.2. The predicted molar refractivity (Wildman–Crippen MR) is 128 cm³/mol. The number of morpholine rings is 1. The topological polar surface area (TPSA) is 37.0 Å². The van der Waals surface area contributed by atoms with Gasteiger partial charge < -0.3 is 19.7 Å². The van der Waals surface area contributed by atoms with Crippen molar-refractivity contribution in [3.63, 3.8) is 0 Å². The highest BCUT2D eigenvalue weighted by Gasteiger charge is 2.16. The van der Waals surface area contributed by atoms with Crippen LogP contribution in [-0.4, -0.2) is 61.4 Å². The third-order valence-corrected chi connectivity index (χ3v) is 5.98. The fourth-order valence-electron chi connectivity index (χ4n) is 3.37. The van der Waals surface area contributed by atoms with Gasteiger partial charge in [0, 0.05) is 42.8 Å². The lowest BCUT2D eigenvalue weighted by Crippen LogP contribution is -2.40. The smallest absolute Gasteiger partial charge is 0.173 e. The van der Waals surface area contributed by atoms with Crippen molar-refractivity contribution < 1.29 is 9.47 Å². The van der Waals surface area contributed by atoms with Crippen molar-refractivity contribution in [2.45, 2.75) is 13.0 Å². The van der Waals surface area contributed by atoms with Crippen LogP contribution in [0.1, 0.15) is 12.0 Å². The number of ether oxygens (including phenoxy) is 2. The molecule has 3 rings (SSSR count). The van der Waals surface area contributed by atoms with Crippen molar-refractivity contribution >= 4 is 46.2 Å². The van der Waals surface area contributed by atoms with Crippen molar-refractivity contribution in [2.75, 3.05) is 51.8 Å². The molecule has 162 valence electrons. The highest BCUT2D eigenvalue weighted by Crippen LogP contribution is 2.28. The van der Waals surface area contributed by atoms with Crippen molar-refractivity contribution in [1.82, 2.24) is 9.80 Å². The van der Waals surface area contributed by atoms with Crippen molar-refractivity contribution in [3.05, 3.63) is 58.1 Å². The molecule has 1 N–H and O–H groups in total. The summed E-state index contributed by atoms with van der Waals surface area (Å²) in [6.07, 6.45) is 0.985. The van der Waals surface area contributed by atoms with E-state index in [1.807, 2.05) is 36.4 Å². The van der Waals surface area contributed by atoms with E-state index in [1.165, 1.54) is 0 Å². The van der Waals surface area contributed by atoms with Crippen molar-refractivity contribution in [2.24, 2.45) is 0 Å². The molecule has 0 spiro atoms. The van der Waals surface area contributed by atoms with Gasteiger partial charge in [0.2, 0.25) is 0 Å². The summed E-state index contributed by atoms with van der Waals surface area (Å²) >= 11 is 18.3. The van der Waals surface area contributed by atoms with Gasteiger partial charge in [-0.2, -0.15) is 0 Å². The second-order valence-corrected chi connectivity index (χ2v) is 8.33. The Kier molecular flexibility index (Phi) is 9.03. The van der Waals surface area contributed by atoms with Crippen LogP contribution >= 0.6 is 35.4 Å². The van der Waals surface area contributed by atoms with Gasteiger partial charge >= 0.3 is 0 Å². The average molecular weight is 468 g/mol. The van der Waals surface area contributed by atoms with Gasteiger partial charge in [-0.3, -0.25) is 4.90 Å². The van der Waals surface area contributed by atoms with E-state index in [0.717, 1.165) is 62.1 Å². The summed E-state index contributed by atoms with van der Waals surface area (Å²) in [5.41, 5.74) is 1.78. The lowest BCUT2D eigenvalue weighted by molar-refractivity contribution is 0.0368. The van der Waals surface area contributed by atoms with Gasteiger partial charge in [-0.15, -0.1) is 0 Å². The number of nitrogens with zero attached hydrogens (tertiary/aromatic N) is 2. The first-order valence-corrected chi connectivity index (χ1v) is 11.2. The zero-order valence-corrected chi connectivity index (χ0v) is 19.4. The number of nitrogens with one attached hydrogen (secondary N) is 1. The first-order chi connectivity index (χ1) is 14.6. The summed E-state index contributed by atoms with van der Waals surface area (Å²) in [5, 5.41) is 5.26. The molecule has 0 radical (unpaired) electrons. The van der Waals surface area contributed by atoms with Gasteiger partial charge in [0.1, 0.15) is 5.75 Å². The summed E-state index contributed by atoms with van der Waals surface area (Å²) in [6, 6.07) is 13.3. The Morgan fingerprint density at radius 1 is 1.20 bits per heavy atom. The molecule has 8 heteroatoms. The highest BCUT2D eigenvalue weighted by atomic mass is 35.5. The number of methoxy groups -OCH3 is 1. The first-order valence-electron chi connectivity index (χ1n) is 10.00. The molecule has 30 heavy (non-hydrogen) atoms. The molecule has 2 aromatic rings. The number of halogens is 2. The van der Waals surface area contributed by atoms with E-state index in [1.54, 1.807) is 13.2 Å². The third kappa shape index (κ3) is 6.72. The van der Waals surface area contributed by atoms with Gasteiger partial charge in [-0.1, -0.05) is 41.4 Å². The summed E-state index contributed by atoms with van der Waals surface area (Å²) < 4.78 is 10.9. The SMILES string of the molecule is COc1ccc(Cl)cc1NC(=S)N(CCCN1CCOCC1)Cc1ccccc1Cl. The minimum absolute atomic E-state index is 0.609. The summed E-state index contributed by atoms with van der Waals surface area (Å²) in [7, 11) is 1.63. The number of thiocarbonyl (C=S) groups is 1. The van der Waals surface area contributed by atoms with Gasteiger partial charge in [-0.05, 0) is 48.5 Å². The van der Waals surface area contributed by atoms with Gasteiger partial charge in [-0.25, -0.2) is 0 Å². The minimum atomic E-state index is 0.609. The number of hydrogen-bond donors (Lipinski definition) is 1. The van der Waals surface area contributed by atoms with Crippen LogP contribution in [0.15, 0.2) is 42.5 Å². The van der Waals surface area contributed by atoms with Crippen LogP contribution in [0.3, 0.4) is 0 Å². The predicted octanol–water partition coefficient (Wildman–Crippen LogP) is 4.92. The molecule has 1 aliphatic rings. The fraction of sp³-hybridized carbons (Fsp3) is 0.409. The van der Waals surface area contributed by atoms with Gasteiger partial charge in [0.15, 0.2) is 5.11 Å². The Labute approximate surface area is 193 Å². The van der Waals surface area contributed by atoms with Crippen LogP contribution in [0.4, 0.5) is 5.69 Å². The van der Waals surface area contributed by atoms with E-state index in [-0.39, 0.29) is 0 Å². The zero-order chi connectivity index (χ0) is 21.3. The largest absolute Gasteiger partial charge is 0.495 e. The van der Waals surface area contributed by atoms with Crippen molar-refractivity contribution in [3.8, 4) is 5.75 Å². The van der Waals surface area contributed by atoms with Crippen LogP contribution in [-0.2, 0) is 11.3 Å². The second-order valence-electron chi connectivity index (χ2n) is 7.10. The van der Waals surface area contributed by atoms with Crippen LogP contribution in [0.25, 0.3) is 0 Å². The standard InChI is InChI=1S/C22H27Cl2N3O2S/c1-28-21-8-7-18(23)15-20(21)25-22(30)27(16-17-5-2-3-6-19(17)24)10-4-9-26-11-13-29-14-12-26/h2-3,5-8,15H,4,9-14,16H2,1H3,(H,25,30). The molecule has 0 bridgehead atoms. The van der Waals surface area contributed by atoms with E-state index in [9.17, 15) is 0 Å². The first kappa shape index (κ1) is 23.1. The molecule has 5 nitrogen and oxygen atoms in total. The molecule has 0 amide bonds. The Hall–Kier alpha value is -1.57.